The fourth-order valence-electron chi connectivity index (χ4n) is 3.38. The molecule has 2 atom stereocenters. The number of aromatic nitrogens is 2. The smallest absolute Gasteiger partial charge is 0.337 e. The first-order valence-corrected chi connectivity index (χ1v) is 10.3. The van der Waals surface area contributed by atoms with Crippen LogP contribution < -0.4 is 0 Å². The highest BCUT2D eigenvalue weighted by atomic mass is 32.2. The lowest BCUT2D eigenvalue weighted by molar-refractivity contribution is -0.145. The second kappa shape index (κ2) is 7.84. The molecular formula is C18H20F3N3O2S. The molecule has 1 aliphatic rings. The third-order valence-corrected chi connectivity index (χ3v) is 5.27. The molecule has 1 aromatic heterocycles. The largest absolute Gasteiger partial charge is 0.433 e. The van der Waals surface area contributed by atoms with Gasteiger partial charge in [0.2, 0.25) is 0 Å². The quantitative estimate of drug-likeness (QED) is 0.793. The standard InChI is InChI=1S/C18H20F3N3O2S/c1-27(26)12-13-4-2-5-14(10-13)17(25)23-9-3-6-15(11-23)24-16(7-8-22-24)18(19,20)21/h2,4-5,7-8,10,15H,3,6,9,11-12H2,1H3/t15-,27+/m1/s1. The minimum absolute atomic E-state index is 0.174. The monoisotopic (exact) mass is 399 g/mol. The van der Waals surface area contributed by atoms with E-state index in [4.69, 9.17) is 0 Å². The molecule has 27 heavy (non-hydrogen) atoms. The summed E-state index contributed by atoms with van der Waals surface area (Å²) in [7, 11) is -1.02. The predicted octanol–water partition coefficient (Wildman–Crippen LogP) is 3.26. The first-order valence-electron chi connectivity index (χ1n) is 8.54. The van der Waals surface area contributed by atoms with Crippen molar-refractivity contribution in [2.75, 3.05) is 19.3 Å². The van der Waals surface area contributed by atoms with Crippen LogP contribution in [-0.4, -0.2) is 44.1 Å². The van der Waals surface area contributed by atoms with Crippen molar-refractivity contribution in [2.24, 2.45) is 0 Å². The Kier molecular flexibility index (Phi) is 5.69. The molecule has 2 heterocycles. The zero-order valence-electron chi connectivity index (χ0n) is 14.8. The molecule has 0 unspecified atom stereocenters. The van der Waals surface area contributed by atoms with Gasteiger partial charge in [0.05, 0.1) is 6.04 Å². The number of likely N-dealkylation sites (tertiary alicyclic amines) is 1. The average Bonchev–Trinajstić information content (AvgIpc) is 3.11. The maximum Gasteiger partial charge on any atom is 0.433 e. The van der Waals surface area contributed by atoms with Crippen LogP contribution in [0.25, 0.3) is 0 Å². The van der Waals surface area contributed by atoms with Gasteiger partial charge in [-0.05, 0) is 36.6 Å². The number of hydrogen-bond donors (Lipinski definition) is 0. The first kappa shape index (κ1) is 19.6. The van der Waals surface area contributed by atoms with Crippen molar-refractivity contribution < 1.29 is 22.2 Å². The Morgan fingerprint density at radius 1 is 1.33 bits per heavy atom. The van der Waals surface area contributed by atoms with Crippen LogP contribution in [-0.2, 0) is 22.7 Å². The number of hydrogen-bond acceptors (Lipinski definition) is 3. The van der Waals surface area contributed by atoms with E-state index >= 15 is 0 Å². The van der Waals surface area contributed by atoms with Gasteiger partial charge in [0.25, 0.3) is 5.91 Å². The number of nitrogens with zero attached hydrogens (tertiary/aromatic N) is 3. The van der Waals surface area contributed by atoms with E-state index in [1.165, 1.54) is 0 Å². The summed E-state index contributed by atoms with van der Waals surface area (Å²) in [5.41, 5.74) is 0.450. The van der Waals surface area contributed by atoms with Gasteiger partial charge >= 0.3 is 6.18 Å². The molecule has 1 aromatic carbocycles. The van der Waals surface area contributed by atoms with Crippen LogP contribution >= 0.6 is 0 Å². The van der Waals surface area contributed by atoms with E-state index in [0.29, 0.717) is 30.7 Å². The third kappa shape index (κ3) is 4.58. The van der Waals surface area contributed by atoms with Crippen molar-refractivity contribution in [3.8, 4) is 0 Å². The van der Waals surface area contributed by atoms with Crippen molar-refractivity contribution in [1.82, 2.24) is 14.7 Å². The number of alkyl halides is 3. The summed E-state index contributed by atoms with van der Waals surface area (Å²) in [5.74, 6) is 0.121. The Morgan fingerprint density at radius 3 is 2.81 bits per heavy atom. The predicted molar refractivity (Wildman–Crippen MR) is 95.6 cm³/mol. The summed E-state index contributed by atoms with van der Waals surface area (Å²) in [6.07, 6.45) is -0.619. The van der Waals surface area contributed by atoms with E-state index in [0.717, 1.165) is 22.5 Å². The van der Waals surface area contributed by atoms with E-state index in [9.17, 15) is 22.2 Å². The molecule has 0 spiro atoms. The van der Waals surface area contributed by atoms with Crippen LogP contribution in [0, 0.1) is 0 Å². The van der Waals surface area contributed by atoms with Crippen LogP contribution in [0.2, 0.25) is 0 Å². The molecule has 0 radical (unpaired) electrons. The molecule has 1 aliphatic heterocycles. The molecule has 9 heteroatoms. The number of benzene rings is 1. The Hall–Kier alpha value is -2.16. The molecule has 0 aliphatic carbocycles. The maximum atomic E-state index is 13.1. The van der Waals surface area contributed by atoms with E-state index in [1.807, 2.05) is 0 Å². The molecule has 1 amide bonds. The molecule has 1 fully saturated rings. The lowest BCUT2D eigenvalue weighted by Crippen LogP contribution is -2.41. The van der Waals surface area contributed by atoms with Gasteiger partial charge in [-0.25, -0.2) is 0 Å². The molecule has 2 aromatic rings. The Morgan fingerprint density at radius 2 is 2.11 bits per heavy atom. The second-order valence-corrected chi connectivity index (χ2v) is 8.06. The van der Waals surface area contributed by atoms with Gasteiger partial charge in [0, 0.05) is 47.7 Å². The van der Waals surface area contributed by atoms with Gasteiger partial charge in [-0.3, -0.25) is 13.7 Å². The molecular weight excluding hydrogens is 379 g/mol. The van der Waals surface area contributed by atoms with E-state index < -0.39 is 28.7 Å². The zero-order valence-corrected chi connectivity index (χ0v) is 15.6. The number of halogens is 3. The number of rotatable bonds is 4. The van der Waals surface area contributed by atoms with E-state index in [-0.39, 0.29) is 12.5 Å². The summed E-state index contributed by atoms with van der Waals surface area (Å²) >= 11 is 0. The summed E-state index contributed by atoms with van der Waals surface area (Å²) in [5, 5.41) is 3.84. The molecule has 0 saturated carbocycles. The van der Waals surface area contributed by atoms with Crippen LogP contribution in [0.4, 0.5) is 13.2 Å². The highest BCUT2D eigenvalue weighted by molar-refractivity contribution is 7.83. The third-order valence-electron chi connectivity index (χ3n) is 4.53. The van der Waals surface area contributed by atoms with Crippen molar-refractivity contribution in [3.05, 3.63) is 53.3 Å². The lowest BCUT2D eigenvalue weighted by atomic mass is 10.0. The average molecular weight is 399 g/mol. The lowest BCUT2D eigenvalue weighted by Gasteiger charge is -2.34. The number of carbonyl (C=O) groups excluding carboxylic acids is 1. The van der Waals surface area contributed by atoms with Gasteiger partial charge in [0.15, 0.2) is 0 Å². The van der Waals surface area contributed by atoms with E-state index in [1.54, 1.807) is 35.4 Å². The van der Waals surface area contributed by atoms with Gasteiger partial charge in [-0.1, -0.05) is 12.1 Å². The first-order chi connectivity index (χ1) is 12.8. The van der Waals surface area contributed by atoms with Crippen molar-refractivity contribution in [1.29, 1.82) is 0 Å². The summed E-state index contributed by atoms with van der Waals surface area (Å²) in [6, 6.07) is 7.34. The fourth-order valence-corrected chi connectivity index (χ4v) is 4.03. The number of amides is 1. The molecule has 0 N–H and O–H groups in total. The van der Waals surface area contributed by atoms with Crippen molar-refractivity contribution in [2.45, 2.75) is 30.8 Å². The number of piperidine rings is 1. The summed E-state index contributed by atoms with van der Waals surface area (Å²) in [6.45, 7) is 0.662. The molecule has 0 bridgehead atoms. The van der Waals surface area contributed by atoms with E-state index in [2.05, 4.69) is 5.10 Å². The molecule has 5 nitrogen and oxygen atoms in total. The highest BCUT2D eigenvalue weighted by Crippen LogP contribution is 2.33. The van der Waals surface area contributed by atoms with Crippen LogP contribution in [0.3, 0.4) is 0 Å². The molecule has 3 rings (SSSR count). The number of carbonyl (C=O) groups is 1. The minimum Gasteiger partial charge on any atom is -0.337 e. The SMILES string of the molecule is C[S@](=O)Cc1cccc(C(=O)N2CCC[C@@H](n3nccc3C(F)(F)F)C2)c1. The Bertz CT molecular complexity index is 850. The molecule has 146 valence electrons. The van der Waals surface area contributed by atoms with Crippen LogP contribution in [0.1, 0.15) is 40.5 Å². The normalized spacial score (nSPS) is 19.1. The van der Waals surface area contributed by atoms with Gasteiger partial charge < -0.3 is 4.90 Å². The summed E-state index contributed by atoms with van der Waals surface area (Å²) in [4.78, 5) is 14.4. The Balaban J connectivity index is 1.78. The van der Waals surface area contributed by atoms with Crippen LogP contribution in [0.5, 0.6) is 0 Å². The van der Waals surface area contributed by atoms with Crippen molar-refractivity contribution in [3.63, 3.8) is 0 Å². The Labute approximate surface area is 157 Å². The minimum atomic E-state index is -4.48. The second-order valence-electron chi connectivity index (χ2n) is 6.62. The molecule has 1 saturated heterocycles. The maximum absolute atomic E-state index is 13.1. The topological polar surface area (TPSA) is 55.2 Å². The van der Waals surface area contributed by atoms with Crippen LogP contribution in [0.15, 0.2) is 36.5 Å². The van der Waals surface area contributed by atoms with Gasteiger partial charge in [-0.2, -0.15) is 18.3 Å². The fraction of sp³-hybridized carbons (Fsp3) is 0.444. The highest BCUT2D eigenvalue weighted by Gasteiger charge is 2.37. The summed E-state index contributed by atoms with van der Waals surface area (Å²) < 4.78 is 51.8. The van der Waals surface area contributed by atoms with Gasteiger partial charge in [-0.15, -0.1) is 0 Å². The van der Waals surface area contributed by atoms with Crippen molar-refractivity contribution >= 4 is 16.7 Å². The zero-order chi connectivity index (χ0) is 19.6. The van der Waals surface area contributed by atoms with Gasteiger partial charge in [0.1, 0.15) is 5.69 Å².